The summed E-state index contributed by atoms with van der Waals surface area (Å²) in [5, 5.41) is 0. The zero-order valence-corrected chi connectivity index (χ0v) is 20.6. The first-order chi connectivity index (χ1) is 17.3. The lowest BCUT2D eigenvalue weighted by Gasteiger charge is -2.20. The van der Waals surface area contributed by atoms with E-state index in [1.165, 1.54) is 12.1 Å². The van der Waals surface area contributed by atoms with Crippen LogP contribution in [0.4, 0.5) is 30.2 Å². The van der Waals surface area contributed by atoms with Gasteiger partial charge in [0.15, 0.2) is 0 Å². The second-order valence-corrected chi connectivity index (χ2v) is 8.87. The van der Waals surface area contributed by atoms with Crippen molar-refractivity contribution in [1.82, 2.24) is 4.90 Å². The number of alkyl halides is 3. The molecule has 1 amide bonds. The van der Waals surface area contributed by atoms with E-state index in [2.05, 4.69) is 29.8 Å². The van der Waals surface area contributed by atoms with E-state index >= 15 is 0 Å². The van der Waals surface area contributed by atoms with E-state index < -0.39 is 11.7 Å². The quantitative estimate of drug-likeness (QED) is 0.317. The lowest BCUT2D eigenvalue weighted by molar-refractivity contribution is -0.137. The van der Waals surface area contributed by atoms with E-state index in [1.54, 1.807) is 17.0 Å². The van der Waals surface area contributed by atoms with Gasteiger partial charge in [0, 0.05) is 11.3 Å². The normalized spacial score (nSPS) is 14.7. The fourth-order valence-electron chi connectivity index (χ4n) is 4.55. The minimum atomic E-state index is -4.48. The number of amides is 1. The summed E-state index contributed by atoms with van der Waals surface area (Å²) in [4.78, 5) is 21.9. The maximum absolute atomic E-state index is 13.5. The Bertz CT molecular complexity index is 1250. The molecule has 4 rings (SSSR count). The van der Waals surface area contributed by atoms with Gasteiger partial charge in [0.05, 0.1) is 16.9 Å². The highest BCUT2D eigenvalue weighted by atomic mass is 19.4. The summed E-state index contributed by atoms with van der Waals surface area (Å²) in [6, 6.07) is 19.9. The van der Waals surface area contributed by atoms with E-state index in [1.807, 2.05) is 30.3 Å². The van der Waals surface area contributed by atoms with E-state index in [0.717, 1.165) is 62.3 Å². The number of fused-ring (bicyclic) bond motifs is 1. The van der Waals surface area contributed by atoms with Crippen LogP contribution in [0.5, 0.6) is 0 Å². The molecule has 0 saturated heterocycles. The molecule has 0 unspecified atom stereocenters. The number of para-hydroxylation sites is 1. The lowest BCUT2D eigenvalue weighted by atomic mass is 10.1. The van der Waals surface area contributed by atoms with Gasteiger partial charge in [0.2, 0.25) is 0 Å². The zero-order valence-electron chi connectivity index (χ0n) is 20.6. The number of carbonyl (C=O) groups is 1. The third kappa shape index (κ3) is 5.68. The highest BCUT2D eigenvalue weighted by Crippen LogP contribution is 2.38. The van der Waals surface area contributed by atoms with Crippen molar-refractivity contribution in [3.63, 3.8) is 0 Å². The summed E-state index contributed by atoms with van der Waals surface area (Å²) in [6.07, 6.45) is -1.44. The molecular formula is C29H30F3N3O. The Labute approximate surface area is 210 Å². The van der Waals surface area contributed by atoms with Crippen molar-refractivity contribution in [2.45, 2.75) is 39.3 Å². The number of carbonyl (C=O) groups excluding carboxylic acids is 1. The van der Waals surface area contributed by atoms with Crippen LogP contribution in [0.3, 0.4) is 0 Å². The van der Waals surface area contributed by atoms with Gasteiger partial charge in [-0.25, -0.2) is 4.99 Å². The van der Waals surface area contributed by atoms with Crippen LogP contribution in [-0.2, 0) is 17.4 Å². The van der Waals surface area contributed by atoms with Gasteiger partial charge in [-0.3, -0.25) is 9.69 Å². The molecule has 36 heavy (non-hydrogen) atoms. The highest BCUT2D eigenvalue weighted by molar-refractivity contribution is 6.56. The third-order valence-electron chi connectivity index (χ3n) is 6.32. The number of nitrogens with zero attached hydrogens (tertiary/aromatic N) is 3. The molecule has 0 aromatic heterocycles. The summed E-state index contributed by atoms with van der Waals surface area (Å²) in [5.74, 6) is -0.356. The lowest BCUT2D eigenvalue weighted by Crippen LogP contribution is -2.26. The summed E-state index contributed by atoms with van der Waals surface area (Å²) in [7, 11) is 0. The van der Waals surface area contributed by atoms with Crippen molar-refractivity contribution in [3.05, 3.63) is 89.5 Å². The summed E-state index contributed by atoms with van der Waals surface area (Å²) >= 11 is 0. The van der Waals surface area contributed by atoms with Gasteiger partial charge in [-0.2, -0.15) is 13.2 Å². The standard InChI is InChI=1S/C29H30F3N3O/c1-3-17-34(4-2)18-9-11-21-10-7-14-24(19-21)35-26-16-6-5-15-25(26)27(28(35)36)33-23-13-8-12-22(20-23)29(30,31)32/h5-8,10,12-16,19-20H,3-4,9,11,17-18H2,1-2H3. The van der Waals surface area contributed by atoms with Crippen LogP contribution in [0.2, 0.25) is 0 Å². The van der Waals surface area contributed by atoms with Gasteiger partial charge in [0.25, 0.3) is 5.91 Å². The second kappa shape index (κ2) is 11.1. The number of aryl methyl sites for hydroxylation is 1. The molecule has 1 aliphatic heterocycles. The number of anilines is 2. The Balaban J connectivity index is 1.61. The zero-order chi connectivity index (χ0) is 25.7. The van der Waals surface area contributed by atoms with Gasteiger partial charge in [-0.1, -0.05) is 50.2 Å². The van der Waals surface area contributed by atoms with Crippen molar-refractivity contribution in [3.8, 4) is 0 Å². The molecule has 0 N–H and O–H groups in total. The molecule has 0 fully saturated rings. The van der Waals surface area contributed by atoms with E-state index in [0.29, 0.717) is 11.3 Å². The van der Waals surface area contributed by atoms with E-state index in [-0.39, 0.29) is 17.3 Å². The summed E-state index contributed by atoms with van der Waals surface area (Å²) in [5.41, 5.74) is 2.55. The molecule has 1 heterocycles. The van der Waals surface area contributed by atoms with E-state index in [4.69, 9.17) is 0 Å². The number of rotatable bonds is 9. The number of hydrogen-bond donors (Lipinski definition) is 0. The largest absolute Gasteiger partial charge is 0.416 e. The number of halogens is 3. The minimum Gasteiger partial charge on any atom is -0.304 e. The molecular weight excluding hydrogens is 463 g/mol. The van der Waals surface area contributed by atoms with Crippen molar-refractivity contribution in [2.24, 2.45) is 4.99 Å². The fourth-order valence-corrected chi connectivity index (χ4v) is 4.55. The first-order valence-electron chi connectivity index (χ1n) is 12.3. The van der Waals surface area contributed by atoms with Crippen LogP contribution in [0.1, 0.15) is 43.4 Å². The molecule has 0 aliphatic carbocycles. The Morgan fingerprint density at radius 3 is 2.44 bits per heavy atom. The molecule has 4 nitrogen and oxygen atoms in total. The maximum Gasteiger partial charge on any atom is 0.416 e. The molecule has 7 heteroatoms. The third-order valence-corrected chi connectivity index (χ3v) is 6.32. The molecule has 0 atom stereocenters. The van der Waals surface area contributed by atoms with Crippen molar-refractivity contribution >= 4 is 28.7 Å². The molecule has 3 aromatic carbocycles. The Kier molecular flexibility index (Phi) is 7.89. The SMILES string of the molecule is CCCN(CC)CCCc1cccc(N2C(=O)C(=Nc3cccc(C(F)(F)F)c3)c3ccccc32)c1. The maximum atomic E-state index is 13.5. The Morgan fingerprint density at radius 1 is 0.917 bits per heavy atom. The first-order valence-corrected chi connectivity index (χ1v) is 12.3. The van der Waals surface area contributed by atoms with Gasteiger partial charge in [-0.15, -0.1) is 0 Å². The first kappa shape index (κ1) is 25.6. The fraction of sp³-hybridized carbons (Fsp3) is 0.310. The summed E-state index contributed by atoms with van der Waals surface area (Å²) < 4.78 is 39.5. The smallest absolute Gasteiger partial charge is 0.304 e. The van der Waals surface area contributed by atoms with Crippen LogP contribution in [-0.4, -0.2) is 36.2 Å². The molecule has 0 saturated carbocycles. The number of benzene rings is 3. The minimum absolute atomic E-state index is 0.0890. The number of hydrogen-bond acceptors (Lipinski definition) is 3. The van der Waals surface area contributed by atoms with Gasteiger partial charge < -0.3 is 4.90 Å². The molecule has 3 aromatic rings. The van der Waals surface area contributed by atoms with Crippen molar-refractivity contribution in [2.75, 3.05) is 24.5 Å². The molecule has 188 valence electrons. The molecule has 1 aliphatic rings. The summed E-state index contributed by atoms with van der Waals surface area (Å²) in [6.45, 7) is 7.49. The average Bonchev–Trinajstić information content (AvgIpc) is 3.14. The van der Waals surface area contributed by atoms with Crippen molar-refractivity contribution in [1.29, 1.82) is 0 Å². The second-order valence-electron chi connectivity index (χ2n) is 8.87. The molecule has 0 spiro atoms. The topological polar surface area (TPSA) is 35.9 Å². The van der Waals surface area contributed by atoms with E-state index in [9.17, 15) is 18.0 Å². The van der Waals surface area contributed by atoms with Crippen molar-refractivity contribution < 1.29 is 18.0 Å². The van der Waals surface area contributed by atoms with Gasteiger partial charge >= 0.3 is 6.18 Å². The van der Waals surface area contributed by atoms with Gasteiger partial charge in [0.1, 0.15) is 5.71 Å². The highest BCUT2D eigenvalue weighted by Gasteiger charge is 2.35. The molecule has 0 radical (unpaired) electrons. The van der Waals surface area contributed by atoms with Crippen LogP contribution < -0.4 is 4.90 Å². The average molecular weight is 494 g/mol. The predicted molar refractivity (Wildman–Crippen MR) is 138 cm³/mol. The van der Waals surface area contributed by atoms with Crippen LogP contribution in [0, 0.1) is 0 Å². The van der Waals surface area contributed by atoms with Crippen LogP contribution in [0.25, 0.3) is 0 Å². The monoisotopic (exact) mass is 493 g/mol. The van der Waals surface area contributed by atoms with Gasteiger partial charge in [-0.05, 0) is 80.9 Å². The van der Waals surface area contributed by atoms with Crippen LogP contribution >= 0.6 is 0 Å². The Hall–Kier alpha value is -3.45. The Morgan fingerprint density at radius 2 is 1.69 bits per heavy atom. The predicted octanol–water partition coefficient (Wildman–Crippen LogP) is 7.17. The molecule has 0 bridgehead atoms. The van der Waals surface area contributed by atoms with Crippen LogP contribution in [0.15, 0.2) is 77.8 Å². The number of aliphatic imine (C=N–C) groups is 1.